The molecule has 1 N–H and O–H groups in total. The molecule has 1 amide bonds. The number of aromatic nitrogens is 2. The van der Waals surface area contributed by atoms with Crippen molar-refractivity contribution in [3.05, 3.63) is 17.5 Å². The standard InChI is InChI=1S/C18H29N3O3/c1-14-13-15(2)21(19-14)9-3-6-17(23)20-10-7-18(8-11-20)16(22)5-4-12-24-18/h13,16,22H,3-12H2,1-2H3/t16-/m1/s1. The number of piperidine rings is 1. The van der Waals surface area contributed by atoms with Crippen molar-refractivity contribution in [2.75, 3.05) is 19.7 Å². The predicted octanol–water partition coefficient (Wildman–Crippen LogP) is 1.81. The third-order valence-electron chi connectivity index (χ3n) is 5.45. The minimum absolute atomic E-state index is 0.205. The third kappa shape index (κ3) is 3.64. The van der Waals surface area contributed by atoms with Gasteiger partial charge in [-0.25, -0.2) is 0 Å². The number of rotatable bonds is 4. The fraction of sp³-hybridized carbons (Fsp3) is 0.778. The second kappa shape index (κ2) is 7.23. The van der Waals surface area contributed by atoms with Crippen LogP contribution in [0.15, 0.2) is 6.07 Å². The summed E-state index contributed by atoms with van der Waals surface area (Å²) in [4.78, 5) is 14.4. The van der Waals surface area contributed by atoms with Crippen LogP contribution in [0.5, 0.6) is 0 Å². The Bertz CT molecular complexity index is 576. The van der Waals surface area contributed by atoms with Crippen molar-refractivity contribution >= 4 is 5.91 Å². The van der Waals surface area contributed by atoms with E-state index in [1.165, 1.54) is 0 Å². The van der Waals surface area contributed by atoms with Crippen LogP contribution in [0.1, 0.15) is 49.9 Å². The van der Waals surface area contributed by atoms with E-state index in [-0.39, 0.29) is 12.0 Å². The van der Waals surface area contributed by atoms with Crippen LogP contribution in [-0.2, 0) is 16.1 Å². The highest BCUT2D eigenvalue weighted by Gasteiger charge is 2.44. The van der Waals surface area contributed by atoms with E-state index in [1.54, 1.807) is 0 Å². The fourth-order valence-corrected chi connectivity index (χ4v) is 3.96. The molecule has 0 aromatic carbocycles. The first-order valence-corrected chi connectivity index (χ1v) is 9.11. The van der Waals surface area contributed by atoms with E-state index in [0.29, 0.717) is 19.5 Å². The summed E-state index contributed by atoms with van der Waals surface area (Å²) in [5, 5.41) is 14.7. The van der Waals surface area contributed by atoms with Gasteiger partial charge in [-0.05, 0) is 52.0 Å². The van der Waals surface area contributed by atoms with E-state index >= 15 is 0 Å². The maximum Gasteiger partial charge on any atom is 0.222 e. The molecule has 134 valence electrons. The lowest BCUT2D eigenvalue weighted by Crippen LogP contribution is -2.56. The Kier molecular flexibility index (Phi) is 5.25. The van der Waals surface area contributed by atoms with Gasteiger partial charge in [0.25, 0.3) is 0 Å². The van der Waals surface area contributed by atoms with Gasteiger partial charge in [-0.3, -0.25) is 9.48 Å². The number of aliphatic hydroxyl groups excluding tert-OH is 1. The van der Waals surface area contributed by atoms with E-state index in [2.05, 4.69) is 11.2 Å². The lowest BCUT2D eigenvalue weighted by molar-refractivity contribution is -0.179. The average molecular weight is 335 g/mol. The number of ether oxygens (including phenoxy) is 1. The molecule has 0 bridgehead atoms. The van der Waals surface area contributed by atoms with Crippen molar-refractivity contribution < 1.29 is 14.6 Å². The number of amides is 1. The monoisotopic (exact) mass is 335 g/mol. The quantitative estimate of drug-likeness (QED) is 0.911. The van der Waals surface area contributed by atoms with Gasteiger partial charge in [0.1, 0.15) is 0 Å². The molecule has 6 nitrogen and oxygen atoms in total. The summed E-state index contributed by atoms with van der Waals surface area (Å²) >= 11 is 0. The average Bonchev–Trinajstić information content (AvgIpc) is 2.89. The first-order valence-electron chi connectivity index (χ1n) is 9.11. The summed E-state index contributed by atoms with van der Waals surface area (Å²) in [5.74, 6) is 0.205. The Balaban J connectivity index is 1.44. The molecule has 0 saturated carbocycles. The summed E-state index contributed by atoms with van der Waals surface area (Å²) in [6, 6.07) is 2.06. The molecule has 0 radical (unpaired) electrons. The number of hydrogen-bond acceptors (Lipinski definition) is 4. The molecule has 1 aromatic heterocycles. The van der Waals surface area contributed by atoms with Gasteiger partial charge in [0, 0.05) is 38.4 Å². The summed E-state index contributed by atoms with van der Waals surface area (Å²) in [7, 11) is 0. The zero-order valence-electron chi connectivity index (χ0n) is 14.8. The maximum atomic E-state index is 12.4. The Morgan fingerprint density at radius 3 is 2.79 bits per heavy atom. The second-order valence-corrected chi connectivity index (χ2v) is 7.21. The topological polar surface area (TPSA) is 67.6 Å². The molecule has 3 heterocycles. The van der Waals surface area contributed by atoms with E-state index in [0.717, 1.165) is 56.6 Å². The van der Waals surface area contributed by atoms with Crippen LogP contribution >= 0.6 is 0 Å². The SMILES string of the molecule is Cc1cc(C)n(CCCC(=O)N2CCC3(CC2)OCCC[C@H]3O)n1. The minimum atomic E-state index is -0.404. The number of aryl methyl sites for hydroxylation is 3. The van der Waals surface area contributed by atoms with Crippen LogP contribution in [-0.4, -0.2) is 57.1 Å². The minimum Gasteiger partial charge on any atom is -0.390 e. The molecular weight excluding hydrogens is 306 g/mol. The molecule has 2 fully saturated rings. The van der Waals surface area contributed by atoms with Gasteiger partial charge in [0.15, 0.2) is 0 Å². The highest BCUT2D eigenvalue weighted by atomic mass is 16.5. The molecule has 6 heteroatoms. The normalized spacial score (nSPS) is 23.6. The van der Waals surface area contributed by atoms with Gasteiger partial charge < -0.3 is 14.7 Å². The van der Waals surface area contributed by atoms with Crippen molar-refractivity contribution in [3.8, 4) is 0 Å². The Morgan fingerprint density at radius 2 is 2.17 bits per heavy atom. The summed E-state index contributed by atoms with van der Waals surface area (Å²) in [6.07, 6.45) is 4.22. The summed E-state index contributed by atoms with van der Waals surface area (Å²) in [5.41, 5.74) is 1.76. The van der Waals surface area contributed by atoms with Crippen molar-refractivity contribution in [2.24, 2.45) is 0 Å². The van der Waals surface area contributed by atoms with E-state index in [1.807, 2.05) is 23.4 Å². The highest BCUT2D eigenvalue weighted by Crippen LogP contribution is 2.35. The molecule has 24 heavy (non-hydrogen) atoms. The highest BCUT2D eigenvalue weighted by molar-refractivity contribution is 5.76. The number of carbonyl (C=O) groups is 1. The summed E-state index contributed by atoms with van der Waals surface area (Å²) in [6.45, 7) is 6.92. The van der Waals surface area contributed by atoms with Crippen LogP contribution in [0.2, 0.25) is 0 Å². The Labute approximate surface area is 143 Å². The number of carbonyl (C=O) groups excluding carboxylic acids is 1. The second-order valence-electron chi connectivity index (χ2n) is 7.21. The van der Waals surface area contributed by atoms with Crippen LogP contribution in [0.25, 0.3) is 0 Å². The molecular formula is C18H29N3O3. The molecule has 2 saturated heterocycles. The largest absolute Gasteiger partial charge is 0.390 e. The summed E-state index contributed by atoms with van der Waals surface area (Å²) < 4.78 is 7.87. The van der Waals surface area contributed by atoms with E-state index in [9.17, 15) is 9.90 Å². The van der Waals surface area contributed by atoms with Gasteiger partial charge in [-0.1, -0.05) is 0 Å². The van der Waals surface area contributed by atoms with E-state index in [4.69, 9.17) is 4.74 Å². The lowest BCUT2D eigenvalue weighted by Gasteiger charge is -2.46. The molecule has 3 rings (SSSR count). The van der Waals surface area contributed by atoms with Crippen LogP contribution in [0, 0.1) is 13.8 Å². The molecule has 1 atom stereocenters. The first kappa shape index (κ1) is 17.4. The molecule has 2 aliphatic rings. The number of likely N-dealkylation sites (tertiary alicyclic amines) is 1. The van der Waals surface area contributed by atoms with Gasteiger partial charge in [-0.15, -0.1) is 0 Å². The third-order valence-corrected chi connectivity index (χ3v) is 5.45. The number of aliphatic hydroxyl groups is 1. The molecule has 2 aliphatic heterocycles. The number of hydrogen-bond donors (Lipinski definition) is 1. The van der Waals surface area contributed by atoms with Gasteiger partial charge in [-0.2, -0.15) is 5.10 Å². The van der Waals surface area contributed by atoms with Gasteiger partial charge in [0.2, 0.25) is 5.91 Å². The van der Waals surface area contributed by atoms with Gasteiger partial charge >= 0.3 is 0 Å². The molecule has 0 unspecified atom stereocenters. The zero-order chi connectivity index (χ0) is 17.2. The van der Waals surface area contributed by atoms with Gasteiger partial charge in [0.05, 0.1) is 17.4 Å². The maximum absolute atomic E-state index is 12.4. The smallest absolute Gasteiger partial charge is 0.222 e. The van der Waals surface area contributed by atoms with Crippen LogP contribution in [0.3, 0.4) is 0 Å². The van der Waals surface area contributed by atoms with E-state index < -0.39 is 5.60 Å². The van der Waals surface area contributed by atoms with Crippen molar-refractivity contribution in [2.45, 2.75) is 70.6 Å². The predicted molar refractivity (Wildman–Crippen MR) is 90.7 cm³/mol. The first-order chi connectivity index (χ1) is 11.5. The van der Waals surface area contributed by atoms with Crippen molar-refractivity contribution in [1.82, 2.24) is 14.7 Å². The van der Waals surface area contributed by atoms with Crippen LogP contribution in [0.4, 0.5) is 0 Å². The molecule has 1 aromatic rings. The Hall–Kier alpha value is -1.40. The molecule has 0 aliphatic carbocycles. The fourth-order valence-electron chi connectivity index (χ4n) is 3.96. The molecule has 1 spiro atoms. The lowest BCUT2D eigenvalue weighted by atomic mass is 9.82. The Morgan fingerprint density at radius 1 is 1.42 bits per heavy atom. The van der Waals surface area contributed by atoms with Crippen molar-refractivity contribution in [3.63, 3.8) is 0 Å². The van der Waals surface area contributed by atoms with Crippen molar-refractivity contribution in [1.29, 1.82) is 0 Å². The van der Waals surface area contributed by atoms with Crippen LogP contribution < -0.4 is 0 Å². The zero-order valence-corrected chi connectivity index (χ0v) is 14.8. The number of nitrogens with zero attached hydrogens (tertiary/aromatic N) is 3.